The van der Waals surface area contributed by atoms with E-state index in [-0.39, 0.29) is 22.0 Å². The van der Waals surface area contributed by atoms with Crippen LogP contribution in [0.5, 0.6) is 0 Å². The number of carboxylic acids is 1. The number of carboxylic acid groups (broad SMARTS) is 1. The summed E-state index contributed by atoms with van der Waals surface area (Å²) in [4.78, 5) is 15.3. The van der Waals surface area contributed by atoms with Gasteiger partial charge in [-0.2, -0.15) is 5.26 Å². The second-order valence-electron chi connectivity index (χ2n) is 4.80. The lowest BCUT2D eigenvalue weighted by molar-refractivity contribution is 0.0697. The van der Waals surface area contributed by atoms with Crippen LogP contribution in [0.15, 0.2) is 53.1 Å². The summed E-state index contributed by atoms with van der Waals surface area (Å²) in [5.41, 5.74) is 1.84. The molecule has 2 N–H and O–H groups in total. The van der Waals surface area contributed by atoms with Gasteiger partial charge in [-0.3, -0.25) is 0 Å². The molecule has 118 valence electrons. The quantitative estimate of drug-likeness (QED) is 0.692. The van der Waals surface area contributed by atoms with Crippen molar-refractivity contribution in [1.82, 2.24) is 4.98 Å². The molecule has 1 heterocycles. The molecule has 0 aliphatic heterocycles. The van der Waals surface area contributed by atoms with Crippen LogP contribution in [-0.2, 0) is 0 Å². The summed E-state index contributed by atoms with van der Waals surface area (Å²) in [7, 11) is 0. The number of hydrogen-bond acceptors (Lipinski definition) is 5. The molecule has 0 amide bonds. The number of oxazole rings is 1. The van der Waals surface area contributed by atoms with E-state index in [9.17, 15) is 10.1 Å². The van der Waals surface area contributed by atoms with Crippen molar-refractivity contribution in [2.24, 2.45) is 0 Å². The Balaban J connectivity index is 1.90. The molecular formula is C17H10ClN3O3. The van der Waals surface area contributed by atoms with Crippen molar-refractivity contribution in [3.63, 3.8) is 0 Å². The highest BCUT2D eigenvalue weighted by Gasteiger charge is 2.11. The van der Waals surface area contributed by atoms with Gasteiger partial charge in [-0.15, -0.1) is 0 Å². The number of benzene rings is 2. The molecule has 0 aliphatic rings. The van der Waals surface area contributed by atoms with E-state index < -0.39 is 5.97 Å². The number of aromatic nitrogens is 1. The highest BCUT2D eigenvalue weighted by molar-refractivity contribution is 6.33. The van der Waals surface area contributed by atoms with Crippen LogP contribution >= 0.6 is 11.6 Å². The Morgan fingerprint density at radius 3 is 2.83 bits per heavy atom. The number of nitrogens with zero attached hydrogens (tertiary/aromatic N) is 2. The number of halogens is 1. The molecule has 0 atom stereocenters. The van der Waals surface area contributed by atoms with Crippen LogP contribution in [0.1, 0.15) is 16.2 Å². The molecule has 24 heavy (non-hydrogen) atoms. The highest BCUT2D eigenvalue weighted by Crippen LogP contribution is 2.23. The smallest absolute Gasteiger partial charge is 0.337 e. The van der Waals surface area contributed by atoms with Crippen molar-refractivity contribution in [2.75, 3.05) is 5.32 Å². The molecule has 0 saturated heterocycles. The van der Waals surface area contributed by atoms with Gasteiger partial charge in [-0.05, 0) is 30.3 Å². The minimum Gasteiger partial charge on any atom is -0.478 e. The maximum absolute atomic E-state index is 11.1. The predicted molar refractivity (Wildman–Crippen MR) is 89.6 cm³/mol. The van der Waals surface area contributed by atoms with Gasteiger partial charge in [0.2, 0.25) is 5.89 Å². The number of aromatic carboxylic acids is 1. The third kappa shape index (κ3) is 3.07. The monoisotopic (exact) mass is 339 g/mol. The normalized spacial score (nSPS) is 11.2. The van der Waals surface area contributed by atoms with Gasteiger partial charge < -0.3 is 14.8 Å². The number of nitriles is 1. The Bertz CT molecular complexity index is 969. The number of nitrogens with one attached hydrogen (secondary N) is 1. The molecule has 0 bridgehead atoms. The molecule has 0 aliphatic carbocycles. The molecule has 1 aromatic heterocycles. The Hall–Kier alpha value is -3.30. The fourth-order valence-corrected chi connectivity index (χ4v) is 2.26. The lowest BCUT2D eigenvalue weighted by Crippen LogP contribution is -1.99. The highest BCUT2D eigenvalue weighted by atomic mass is 35.5. The van der Waals surface area contributed by atoms with E-state index in [0.29, 0.717) is 16.8 Å². The van der Waals surface area contributed by atoms with E-state index in [4.69, 9.17) is 21.1 Å². The third-order valence-electron chi connectivity index (χ3n) is 3.22. The Morgan fingerprint density at radius 2 is 2.12 bits per heavy atom. The van der Waals surface area contributed by atoms with E-state index >= 15 is 0 Å². The number of para-hydroxylation sites is 2. The van der Waals surface area contributed by atoms with E-state index in [1.54, 1.807) is 18.2 Å². The molecule has 0 fully saturated rings. The van der Waals surface area contributed by atoms with Gasteiger partial charge in [-0.25, -0.2) is 9.78 Å². The van der Waals surface area contributed by atoms with Crippen molar-refractivity contribution in [1.29, 1.82) is 5.26 Å². The minimum absolute atomic E-state index is 0.0320. The average molecular weight is 340 g/mol. The van der Waals surface area contributed by atoms with Crippen molar-refractivity contribution in [3.8, 4) is 6.07 Å². The maximum Gasteiger partial charge on any atom is 0.337 e. The minimum atomic E-state index is -1.13. The first-order chi connectivity index (χ1) is 11.6. The number of allylic oxidation sites excluding steroid dienone is 1. The number of rotatable bonds is 4. The van der Waals surface area contributed by atoms with E-state index in [1.807, 2.05) is 18.2 Å². The van der Waals surface area contributed by atoms with Crippen molar-refractivity contribution < 1.29 is 14.3 Å². The van der Waals surface area contributed by atoms with Gasteiger partial charge in [-0.1, -0.05) is 23.7 Å². The molecule has 0 radical (unpaired) electrons. The molecule has 0 unspecified atom stereocenters. The molecule has 3 rings (SSSR count). The fourth-order valence-electron chi connectivity index (χ4n) is 2.06. The zero-order valence-corrected chi connectivity index (χ0v) is 12.9. The summed E-state index contributed by atoms with van der Waals surface area (Å²) < 4.78 is 5.53. The molecule has 3 aromatic rings. The predicted octanol–water partition coefficient (Wildman–Crippen LogP) is 4.16. The second kappa shape index (κ2) is 6.44. The topological polar surface area (TPSA) is 99.2 Å². The van der Waals surface area contributed by atoms with Gasteiger partial charge in [0.25, 0.3) is 0 Å². The van der Waals surface area contributed by atoms with Crippen LogP contribution in [0.25, 0.3) is 16.7 Å². The SMILES string of the molecule is N#C/C(=C/Nc1ccc(Cl)c(C(=O)O)c1)c1nc2ccccc2o1. The van der Waals surface area contributed by atoms with E-state index in [1.165, 1.54) is 18.3 Å². The standard InChI is InChI=1S/C17H10ClN3O3/c18-13-6-5-11(7-12(13)17(22)23)20-9-10(8-19)16-21-14-3-1-2-4-15(14)24-16/h1-7,9,20H,(H,22,23)/b10-9-. The molecule has 2 aromatic carbocycles. The van der Waals surface area contributed by atoms with Crippen molar-refractivity contribution >= 4 is 39.9 Å². The zero-order valence-electron chi connectivity index (χ0n) is 12.2. The van der Waals surface area contributed by atoms with Crippen molar-refractivity contribution in [2.45, 2.75) is 0 Å². The van der Waals surface area contributed by atoms with Gasteiger partial charge in [0, 0.05) is 11.9 Å². The Morgan fingerprint density at radius 1 is 1.33 bits per heavy atom. The van der Waals surface area contributed by atoms with Crippen LogP contribution in [0.4, 0.5) is 5.69 Å². The number of hydrogen-bond donors (Lipinski definition) is 2. The molecule has 7 heteroatoms. The maximum atomic E-state index is 11.1. The van der Waals surface area contributed by atoms with Crippen LogP contribution in [0, 0.1) is 11.3 Å². The van der Waals surface area contributed by atoms with Crippen LogP contribution in [0.2, 0.25) is 5.02 Å². The summed E-state index contributed by atoms with van der Waals surface area (Å²) in [6.45, 7) is 0. The first kappa shape index (κ1) is 15.6. The summed E-state index contributed by atoms with van der Waals surface area (Å²) in [6, 6.07) is 13.6. The molecule has 0 saturated carbocycles. The molecule has 0 spiro atoms. The summed E-state index contributed by atoms with van der Waals surface area (Å²) in [5, 5.41) is 21.4. The van der Waals surface area contributed by atoms with Gasteiger partial charge >= 0.3 is 5.97 Å². The lowest BCUT2D eigenvalue weighted by atomic mass is 10.2. The Kier molecular flexibility index (Phi) is 4.18. The largest absolute Gasteiger partial charge is 0.478 e. The number of fused-ring (bicyclic) bond motifs is 1. The number of anilines is 1. The first-order valence-corrected chi connectivity index (χ1v) is 7.22. The van der Waals surface area contributed by atoms with Crippen LogP contribution < -0.4 is 5.32 Å². The number of carbonyl (C=O) groups is 1. The average Bonchev–Trinajstić information content (AvgIpc) is 3.00. The van der Waals surface area contributed by atoms with E-state index in [0.717, 1.165) is 0 Å². The van der Waals surface area contributed by atoms with Gasteiger partial charge in [0.1, 0.15) is 17.2 Å². The first-order valence-electron chi connectivity index (χ1n) is 6.84. The summed E-state index contributed by atoms with van der Waals surface area (Å²) in [6.07, 6.45) is 1.40. The second-order valence-corrected chi connectivity index (χ2v) is 5.21. The van der Waals surface area contributed by atoms with Crippen LogP contribution in [-0.4, -0.2) is 16.1 Å². The molecular weight excluding hydrogens is 330 g/mol. The van der Waals surface area contributed by atoms with E-state index in [2.05, 4.69) is 10.3 Å². The zero-order chi connectivity index (χ0) is 17.1. The van der Waals surface area contributed by atoms with Crippen LogP contribution in [0.3, 0.4) is 0 Å². The van der Waals surface area contributed by atoms with Crippen molar-refractivity contribution in [3.05, 3.63) is 65.1 Å². The summed E-state index contributed by atoms with van der Waals surface area (Å²) >= 11 is 5.82. The van der Waals surface area contributed by atoms with Gasteiger partial charge in [0.05, 0.1) is 10.6 Å². The Labute approximate surface area is 141 Å². The summed E-state index contributed by atoms with van der Waals surface area (Å²) in [5.74, 6) is -0.953. The van der Waals surface area contributed by atoms with Gasteiger partial charge in [0.15, 0.2) is 5.58 Å². The molecule has 6 nitrogen and oxygen atoms in total. The lowest BCUT2D eigenvalue weighted by Gasteiger charge is -2.04. The fraction of sp³-hybridized carbons (Fsp3) is 0. The third-order valence-corrected chi connectivity index (χ3v) is 3.55.